The number of amides is 1. The van der Waals surface area contributed by atoms with Crippen molar-refractivity contribution in [2.75, 3.05) is 5.32 Å². The van der Waals surface area contributed by atoms with Gasteiger partial charge in [0.2, 0.25) is 5.95 Å². The average Bonchev–Trinajstić information content (AvgIpc) is 3.55. The summed E-state index contributed by atoms with van der Waals surface area (Å²) >= 11 is 7.32. The van der Waals surface area contributed by atoms with Gasteiger partial charge in [0, 0.05) is 29.3 Å². The first-order valence-electron chi connectivity index (χ1n) is 10.5. The Balaban J connectivity index is 1.59. The van der Waals surface area contributed by atoms with Crippen molar-refractivity contribution in [3.05, 3.63) is 109 Å². The minimum atomic E-state index is -0.665. The van der Waals surface area contributed by atoms with Gasteiger partial charge < -0.3 is 5.32 Å². The molecule has 0 spiro atoms. The summed E-state index contributed by atoms with van der Waals surface area (Å²) in [6.45, 7) is 0. The lowest BCUT2D eigenvalue weighted by Crippen LogP contribution is -2.19. The number of hydrogen-bond acceptors (Lipinski definition) is 7. The fraction of sp³-hybridized carbons (Fsp3) is 0. The van der Waals surface area contributed by atoms with Crippen molar-refractivity contribution >= 4 is 40.4 Å². The number of carbonyl (C=O) groups is 1. The molecule has 0 unspecified atom stereocenters. The Morgan fingerprint density at radius 3 is 2.58 bits per heavy atom. The number of halogens is 1. The molecule has 2 aromatic carbocycles. The van der Waals surface area contributed by atoms with Crippen molar-refractivity contribution in [2.45, 2.75) is 0 Å². The van der Waals surface area contributed by atoms with Crippen molar-refractivity contribution in [3.8, 4) is 27.8 Å². The molecule has 0 saturated carbocycles. The SMILES string of the molecule is O=C(Nc1cc(-c2cccs2)nn1-c1nc(-c2ccccc2)cc(=O)[nH]1)c1ccc(Cl)c([N+](=O)[O-])c1. The van der Waals surface area contributed by atoms with Gasteiger partial charge in [0.25, 0.3) is 17.2 Å². The van der Waals surface area contributed by atoms with Gasteiger partial charge in [-0.2, -0.15) is 9.78 Å². The molecule has 3 heterocycles. The van der Waals surface area contributed by atoms with Crippen molar-refractivity contribution in [1.82, 2.24) is 19.7 Å². The minimum Gasteiger partial charge on any atom is -0.306 e. The normalized spacial score (nSPS) is 10.8. The maximum atomic E-state index is 13.0. The van der Waals surface area contributed by atoms with E-state index in [0.717, 1.165) is 16.5 Å². The van der Waals surface area contributed by atoms with Gasteiger partial charge in [-0.1, -0.05) is 48.0 Å². The lowest BCUT2D eigenvalue weighted by molar-refractivity contribution is -0.384. The zero-order valence-electron chi connectivity index (χ0n) is 18.2. The lowest BCUT2D eigenvalue weighted by Gasteiger charge is -2.09. The van der Waals surface area contributed by atoms with E-state index in [9.17, 15) is 19.7 Å². The average molecular weight is 519 g/mol. The number of nitrogens with one attached hydrogen (secondary N) is 2. The van der Waals surface area contributed by atoms with Crippen LogP contribution in [0, 0.1) is 10.1 Å². The number of anilines is 1. The molecule has 1 amide bonds. The summed E-state index contributed by atoms with van der Waals surface area (Å²) in [6.07, 6.45) is 0. The monoisotopic (exact) mass is 518 g/mol. The first-order valence-corrected chi connectivity index (χ1v) is 11.7. The Morgan fingerprint density at radius 2 is 1.86 bits per heavy atom. The maximum absolute atomic E-state index is 13.0. The van der Waals surface area contributed by atoms with Crippen molar-refractivity contribution < 1.29 is 9.72 Å². The number of thiophene rings is 1. The maximum Gasteiger partial charge on any atom is 0.288 e. The number of aromatic amines is 1. The van der Waals surface area contributed by atoms with E-state index in [2.05, 4.69) is 20.4 Å². The van der Waals surface area contributed by atoms with Gasteiger partial charge in [0.15, 0.2) is 0 Å². The fourth-order valence-electron chi connectivity index (χ4n) is 3.46. The van der Waals surface area contributed by atoms with E-state index in [1.807, 2.05) is 47.8 Å². The molecule has 36 heavy (non-hydrogen) atoms. The van der Waals surface area contributed by atoms with E-state index < -0.39 is 22.1 Å². The molecular weight excluding hydrogens is 504 g/mol. The van der Waals surface area contributed by atoms with Crippen LogP contribution in [0.4, 0.5) is 11.5 Å². The van der Waals surface area contributed by atoms with Crippen LogP contribution >= 0.6 is 22.9 Å². The van der Waals surface area contributed by atoms with Crippen LogP contribution in [0.1, 0.15) is 10.4 Å². The lowest BCUT2D eigenvalue weighted by atomic mass is 10.1. The van der Waals surface area contributed by atoms with Gasteiger partial charge in [0.1, 0.15) is 16.5 Å². The summed E-state index contributed by atoms with van der Waals surface area (Å²) in [5.41, 5.74) is 0.921. The second-order valence-electron chi connectivity index (χ2n) is 7.50. The van der Waals surface area contributed by atoms with Crippen LogP contribution in [0.15, 0.2) is 83.0 Å². The number of carbonyl (C=O) groups excluding carboxylic acids is 1. The van der Waals surface area contributed by atoms with Crippen molar-refractivity contribution in [1.29, 1.82) is 0 Å². The smallest absolute Gasteiger partial charge is 0.288 e. The molecule has 2 N–H and O–H groups in total. The number of nitro groups is 1. The fourth-order valence-corrected chi connectivity index (χ4v) is 4.33. The molecule has 0 saturated heterocycles. The molecule has 0 aliphatic rings. The predicted molar refractivity (Wildman–Crippen MR) is 137 cm³/mol. The van der Waals surface area contributed by atoms with Crippen molar-refractivity contribution in [2.24, 2.45) is 0 Å². The van der Waals surface area contributed by atoms with Crippen LogP contribution in [0.25, 0.3) is 27.8 Å². The van der Waals surface area contributed by atoms with Gasteiger partial charge in [-0.05, 0) is 23.6 Å². The van der Waals surface area contributed by atoms with Crippen molar-refractivity contribution in [3.63, 3.8) is 0 Å². The Hall–Kier alpha value is -4.61. The summed E-state index contributed by atoms with van der Waals surface area (Å²) < 4.78 is 1.31. The van der Waals surface area contributed by atoms with Crippen LogP contribution in [-0.2, 0) is 0 Å². The third-order valence-corrected chi connectivity index (χ3v) is 6.34. The number of aromatic nitrogens is 4. The highest BCUT2D eigenvalue weighted by atomic mass is 35.5. The molecule has 0 fully saturated rings. The third-order valence-electron chi connectivity index (χ3n) is 5.13. The summed E-state index contributed by atoms with van der Waals surface area (Å²) in [5.74, 6) is -0.342. The Bertz CT molecular complexity index is 1650. The molecule has 0 atom stereocenters. The van der Waals surface area contributed by atoms with Crippen LogP contribution < -0.4 is 10.9 Å². The second-order valence-corrected chi connectivity index (χ2v) is 8.86. The number of nitro benzene ring substituents is 1. The van der Waals surface area contributed by atoms with Crippen LogP contribution in [0.2, 0.25) is 5.02 Å². The zero-order valence-corrected chi connectivity index (χ0v) is 19.8. The van der Waals surface area contributed by atoms with Crippen LogP contribution in [0.3, 0.4) is 0 Å². The molecule has 5 rings (SSSR count). The Labute approximate surface area is 212 Å². The molecule has 0 bridgehead atoms. The molecule has 12 heteroatoms. The van der Waals surface area contributed by atoms with Gasteiger partial charge in [-0.15, -0.1) is 11.3 Å². The van der Waals surface area contributed by atoms with Gasteiger partial charge in [-0.25, -0.2) is 4.98 Å². The predicted octanol–water partition coefficient (Wildman–Crippen LogP) is 5.17. The number of benzene rings is 2. The number of rotatable bonds is 6. The molecule has 178 valence electrons. The van der Waals surface area contributed by atoms with Gasteiger partial charge >= 0.3 is 0 Å². The molecule has 0 radical (unpaired) electrons. The van der Waals surface area contributed by atoms with E-state index in [1.54, 1.807) is 6.07 Å². The quantitative estimate of drug-likeness (QED) is 0.235. The van der Waals surface area contributed by atoms with Crippen LogP contribution in [-0.4, -0.2) is 30.6 Å². The van der Waals surface area contributed by atoms with E-state index >= 15 is 0 Å². The molecule has 3 aromatic heterocycles. The molecule has 5 aromatic rings. The standard InChI is InChI=1S/C24H15ClN6O4S/c25-16-9-8-15(11-19(16)31(34)35)23(33)27-21-12-18(20-7-4-10-36-20)29-30(21)24-26-17(13-22(32)28-24)14-5-2-1-3-6-14/h1-13H,(H,27,33)(H,26,28,32). The van der Waals surface area contributed by atoms with E-state index in [-0.39, 0.29) is 22.4 Å². The highest BCUT2D eigenvalue weighted by molar-refractivity contribution is 7.13. The number of nitrogens with zero attached hydrogens (tertiary/aromatic N) is 4. The van der Waals surface area contributed by atoms with Crippen LogP contribution in [0.5, 0.6) is 0 Å². The van der Waals surface area contributed by atoms with Gasteiger partial charge in [-0.3, -0.25) is 24.7 Å². The molecule has 10 nitrogen and oxygen atoms in total. The third kappa shape index (κ3) is 4.65. The highest BCUT2D eigenvalue weighted by Crippen LogP contribution is 2.29. The Morgan fingerprint density at radius 1 is 1.06 bits per heavy atom. The number of H-pyrrole nitrogens is 1. The van der Waals surface area contributed by atoms with E-state index in [4.69, 9.17) is 11.6 Å². The zero-order chi connectivity index (χ0) is 25.2. The molecule has 0 aliphatic heterocycles. The van der Waals surface area contributed by atoms with E-state index in [1.165, 1.54) is 34.2 Å². The summed E-state index contributed by atoms with van der Waals surface area (Å²) in [6, 6.07) is 19.6. The number of hydrogen-bond donors (Lipinski definition) is 2. The summed E-state index contributed by atoms with van der Waals surface area (Å²) in [5, 5.41) is 20.3. The minimum absolute atomic E-state index is 0.0241. The highest BCUT2D eigenvalue weighted by Gasteiger charge is 2.20. The van der Waals surface area contributed by atoms with Gasteiger partial charge in [0.05, 0.1) is 15.5 Å². The molecular formula is C24H15ClN6O4S. The van der Waals surface area contributed by atoms with E-state index in [0.29, 0.717) is 11.4 Å². The summed E-state index contributed by atoms with van der Waals surface area (Å²) in [7, 11) is 0. The first-order chi connectivity index (χ1) is 17.4. The summed E-state index contributed by atoms with van der Waals surface area (Å²) in [4.78, 5) is 44.1. The first kappa shape index (κ1) is 23.1. The topological polar surface area (TPSA) is 136 Å². The largest absolute Gasteiger partial charge is 0.306 e. The molecule has 0 aliphatic carbocycles. The Kier molecular flexibility index (Phi) is 6.15. The second kappa shape index (κ2) is 9.56.